The van der Waals surface area contributed by atoms with Crippen LogP contribution in [0.3, 0.4) is 0 Å². The summed E-state index contributed by atoms with van der Waals surface area (Å²) in [6.07, 6.45) is -4.72. The molecule has 0 atom stereocenters. The number of nitrogens with zero attached hydrogens (tertiary/aromatic N) is 3. The Morgan fingerprint density at radius 3 is 2.69 bits per heavy atom. The predicted octanol–water partition coefficient (Wildman–Crippen LogP) is 3.45. The van der Waals surface area contributed by atoms with E-state index >= 15 is 0 Å². The maximum Gasteiger partial charge on any atom is 0.437 e. The monoisotopic (exact) mass is 468 g/mol. The lowest BCUT2D eigenvalue weighted by Gasteiger charge is -2.31. The van der Waals surface area contributed by atoms with Crippen molar-refractivity contribution >= 4 is 28.6 Å². The van der Waals surface area contributed by atoms with Crippen LogP contribution in [0.25, 0.3) is 10.8 Å². The highest BCUT2D eigenvalue weighted by molar-refractivity contribution is 7.13. The van der Waals surface area contributed by atoms with Crippen LogP contribution in [-0.2, 0) is 22.3 Å². The molecule has 1 saturated heterocycles. The average molecular weight is 468 g/mol. The van der Waals surface area contributed by atoms with Crippen molar-refractivity contribution in [1.82, 2.24) is 9.78 Å². The molecule has 1 aliphatic heterocycles. The lowest BCUT2D eigenvalue weighted by Crippen LogP contribution is -2.37. The average Bonchev–Trinajstić information content (AvgIpc) is 3.42. The maximum absolute atomic E-state index is 13.2. The summed E-state index contributed by atoms with van der Waals surface area (Å²) < 4.78 is 51.0. The van der Waals surface area contributed by atoms with Gasteiger partial charge in [-0.25, -0.2) is 4.79 Å². The summed E-state index contributed by atoms with van der Waals surface area (Å²) in [7, 11) is 0. The van der Waals surface area contributed by atoms with Gasteiger partial charge in [0.15, 0.2) is 0 Å². The van der Waals surface area contributed by atoms with Crippen molar-refractivity contribution in [2.24, 2.45) is 0 Å². The number of rotatable bonds is 6. The minimum Gasteiger partial charge on any atom is -0.387 e. The standard InChI is InChI=1S/C20H19F3N4O4S/c21-20(22,23)13-3-4-15(26-7-9-30-10-8-26)14(12-13)24-17(28)5-6-27-19(29)31-18(25-27)16-2-1-11-32-16/h1-4,11-12H,5-10H2,(H,24,28). The molecular weight excluding hydrogens is 449 g/mol. The fraction of sp³-hybridized carbons (Fsp3) is 0.350. The lowest BCUT2D eigenvalue weighted by atomic mass is 10.1. The summed E-state index contributed by atoms with van der Waals surface area (Å²) in [6, 6.07) is 6.78. The van der Waals surface area contributed by atoms with Crippen LogP contribution >= 0.6 is 11.3 Å². The van der Waals surface area contributed by atoms with Gasteiger partial charge < -0.3 is 19.4 Å². The minimum atomic E-state index is -4.55. The summed E-state index contributed by atoms with van der Waals surface area (Å²) in [4.78, 5) is 27.0. The third kappa shape index (κ3) is 5.02. The van der Waals surface area contributed by atoms with Gasteiger partial charge in [-0.3, -0.25) is 4.79 Å². The van der Waals surface area contributed by atoms with Gasteiger partial charge in [-0.2, -0.15) is 17.9 Å². The number of nitrogens with one attached hydrogen (secondary N) is 1. The fourth-order valence-corrected chi connectivity index (χ4v) is 3.90. The number of alkyl halides is 3. The molecule has 0 unspecified atom stereocenters. The van der Waals surface area contributed by atoms with E-state index in [-0.39, 0.29) is 24.5 Å². The number of amides is 1. The Hall–Kier alpha value is -3.12. The molecule has 3 aromatic rings. The van der Waals surface area contributed by atoms with Gasteiger partial charge in [-0.05, 0) is 29.6 Å². The van der Waals surface area contributed by atoms with Crippen LogP contribution in [0.4, 0.5) is 24.5 Å². The molecule has 1 amide bonds. The number of hydrogen-bond acceptors (Lipinski definition) is 7. The quantitative estimate of drug-likeness (QED) is 0.596. The summed E-state index contributed by atoms with van der Waals surface area (Å²) in [6.45, 7) is 1.79. The van der Waals surface area contributed by atoms with Crippen molar-refractivity contribution in [3.8, 4) is 10.8 Å². The van der Waals surface area contributed by atoms with Gasteiger partial charge in [0.25, 0.3) is 5.89 Å². The van der Waals surface area contributed by atoms with Gasteiger partial charge in [-0.15, -0.1) is 16.4 Å². The Balaban J connectivity index is 1.49. The van der Waals surface area contributed by atoms with Crippen molar-refractivity contribution in [3.05, 3.63) is 51.8 Å². The van der Waals surface area contributed by atoms with Gasteiger partial charge >= 0.3 is 11.9 Å². The molecule has 3 heterocycles. The fourth-order valence-electron chi connectivity index (χ4n) is 3.26. The van der Waals surface area contributed by atoms with Crippen molar-refractivity contribution in [2.75, 3.05) is 36.5 Å². The topological polar surface area (TPSA) is 89.6 Å². The lowest BCUT2D eigenvalue weighted by molar-refractivity contribution is -0.137. The third-order valence-corrected chi connectivity index (χ3v) is 5.70. The van der Waals surface area contributed by atoms with Gasteiger partial charge in [0.1, 0.15) is 0 Å². The smallest absolute Gasteiger partial charge is 0.387 e. The number of aryl methyl sites for hydroxylation is 1. The van der Waals surface area contributed by atoms with Crippen LogP contribution in [-0.4, -0.2) is 42.0 Å². The first-order chi connectivity index (χ1) is 15.3. The molecule has 2 aromatic heterocycles. The van der Waals surface area contributed by atoms with E-state index in [2.05, 4.69) is 10.4 Å². The minimum absolute atomic E-state index is 0.0542. The zero-order valence-electron chi connectivity index (χ0n) is 16.7. The molecule has 0 radical (unpaired) electrons. The van der Waals surface area contributed by atoms with E-state index in [1.165, 1.54) is 17.4 Å². The normalized spacial score (nSPS) is 14.5. The number of benzene rings is 1. The first kappa shape index (κ1) is 22.1. The highest BCUT2D eigenvalue weighted by atomic mass is 32.1. The van der Waals surface area contributed by atoms with Gasteiger partial charge in [-0.1, -0.05) is 6.07 Å². The summed E-state index contributed by atoms with van der Waals surface area (Å²) >= 11 is 1.35. The number of aromatic nitrogens is 2. The molecule has 0 spiro atoms. The number of anilines is 2. The molecule has 1 N–H and O–H groups in total. The van der Waals surface area contributed by atoms with E-state index in [1.54, 1.807) is 12.1 Å². The molecule has 1 fully saturated rings. The molecule has 0 aliphatic carbocycles. The van der Waals surface area contributed by atoms with E-state index in [4.69, 9.17) is 9.15 Å². The van der Waals surface area contributed by atoms with E-state index in [0.717, 1.165) is 16.8 Å². The molecule has 0 saturated carbocycles. The van der Waals surface area contributed by atoms with E-state index < -0.39 is 23.4 Å². The van der Waals surface area contributed by atoms with Crippen LogP contribution in [0.5, 0.6) is 0 Å². The Kier molecular flexibility index (Phi) is 6.33. The molecule has 32 heavy (non-hydrogen) atoms. The number of carbonyl (C=O) groups excluding carboxylic acids is 1. The van der Waals surface area contributed by atoms with Crippen molar-refractivity contribution in [1.29, 1.82) is 0 Å². The number of carbonyl (C=O) groups is 1. The summed E-state index contributed by atoms with van der Waals surface area (Å²) in [5, 5.41) is 8.43. The molecule has 170 valence electrons. The van der Waals surface area contributed by atoms with Crippen molar-refractivity contribution in [2.45, 2.75) is 19.1 Å². The van der Waals surface area contributed by atoms with E-state index in [1.807, 2.05) is 10.3 Å². The second-order valence-electron chi connectivity index (χ2n) is 7.00. The van der Waals surface area contributed by atoms with E-state index in [0.29, 0.717) is 36.9 Å². The molecule has 8 nitrogen and oxygen atoms in total. The largest absolute Gasteiger partial charge is 0.437 e. The van der Waals surface area contributed by atoms with Crippen LogP contribution in [0, 0.1) is 0 Å². The molecule has 1 aliphatic rings. The zero-order valence-corrected chi connectivity index (χ0v) is 17.5. The summed E-state index contributed by atoms with van der Waals surface area (Å²) in [5.41, 5.74) is -0.329. The molecular formula is C20H19F3N4O4S. The third-order valence-electron chi connectivity index (χ3n) is 4.84. The number of ether oxygens (including phenoxy) is 1. The summed E-state index contributed by atoms with van der Waals surface area (Å²) in [5.74, 6) is -1.11. The first-order valence-electron chi connectivity index (χ1n) is 9.77. The zero-order chi connectivity index (χ0) is 22.7. The number of hydrogen-bond donors (Lipinski definition) is 1. The van der Waals surface area contributed by atoms with Crippen molar-refractivity contribution < 1.29 is 27.1 Å². The van der Waals surface area contributed by atoms with Crippen LogP contribution < -0.4 is 16.0 Å². The number of morpholine rings is 1. The van der Waals surface area contributed by atoms with Crippen LogP contribution in [0.2, 0.25) is 0 Å². The Labute approximate surface area is 184 Å². The first-order valence-corrected chi connectivity index (χ1v) is 10.6. The molecule has 0 bridgehead atoms. The van der Waals surface area contributed by atoms with Gasteiger partial charge in [0.05, 0.1) is 41.6 Å². The molecule has 12 heteroatoms. The maximum atomic E-state index is 13.2. The Bertz CT molecular complexity index is 1130. The van der Waals surface area contributed by atoms with Crippen LogP contribution in [0.1, 0.15) is 12.0 Å². The highest BCUT2D eigenvalue weighted by Crippen LogP contribution is 2.35. The highest BCUT2D eigenvalue weighted by Gasteiger charge is 2.32. The van der Waals surface area contributed by atoms with Crippen molar-refractivity contribution in [3.63, 3.8) is 0 Å². The SMILES string of the molecule is O=C(CCn1nc(-c2cccs2)oc1=O)Nc1cc(C(F)(F)F)ccc1N1CCOCC1. The van der Waals surface area contributed by atoms with Crippen LogP contribution in [0.15, 0.2) is 44.9 Å². The Morgan fingerprint density at radius 2 is 2.00 bits per heavy atom. The Morgan fingerprint density at radius 1 is 1.22 bits per heavy atom. The number of halogens is 3. The second-order valence-corrected chi connectivity index (χ2v) is 7.95. The predicted molar refractivity (Wildman–Crippen MR) is 112 cm³/mol. The number of thiophene rings is 1. The van der Waals surface area contributed by atoms with Gasteiger partial charge in [0.2, 0.25) is 5.91 Å². The molecule has 4 rings (SSSR count). The second kappa shape index (κ2) is 9.17. The molecule has 1 aromatic carbocycles. The van der Waals surface area contributed by atoms with E-state index in [9.17, 15) is 22.8 Å². The van der Waals surface area contributed by atoms with Gasteiger partial charge in [0, 0.05) is 19.5 Å².